The van der Waals surface area contributed by atoms with E-state index >= 15 is 0 Å². The molecule has 3 rings (SSSR count). The molecule has 2 aromatic heterocycles. The van der Waals surface area contributed by atoms with Crippen LogP contribution in [-0.2, 0) is 21.6 Å². The highest BCUT2D eigenvalue weighted by molar-refractivity contribution is 7.09. The summed E-state index contributed by atoms with van der Waals surface area (Å²) in [6.45, 7) is 4.24. The Bertz CT molecular complexity index is 586. The number of thiazole rings is 1. The monoisotopic (exact) mass is 310 g/mol. The van der Waals surface area contributed by atoms with Crippen molar-refractivity contribution in [3.8, 4) is 11.6 Å². The van der Waals surface area contributed by atoms with E-state index < -0.39 is 5.60 Å². The minimum Gasteiger partial charge on any atom is -0.381 e. The average molecular weight is 310 g/mol. The Morgan fingerprint density at radius 3 is 2.86 bits per heavy atom. The lowest BCUT2D eigenvalue weighted by Crippen LogP contribution is -2.37. The molecule has 7 nitrogen and oxygen atoms in total. The van der Waals surface area contributed by atoms with Crippen molar-refractivity contribution in [3.63, 3.8) is 0 Å². The minimum atomic E-state index is -0.512. The van der Waals surface area contributed by atoms with E-state index in [1.165, 1.54) is 11.3 Å². The van der Waals surface area contributed by atoms with E-state index in [1.54, 1.807) is 0 Å². The molecule has 1 aliphatic rings. The van der Waals surface area contributed by atoms with Crippen molar-refractivity contribution in [2.24, 2.45) is 5.73 Å². The third-order valence-corrected chi connectivity index (χ3v) is 4.37. The molecule has 0 aromatic carbocycles. The Hall–Kier alpha value is -1.35. The maximum Gasteiger partial charge on any atom is 0.277 e. The van der Waals surface area contributed by atoms with Gasteiger partial charge in [0.05, 0.1) is 0 Å². The molecule has 0 spiro atoms. The van der Waals surface area contributed by atoms with Crippen LogP contribution >= 0.6 is 11.3 Å². The molecule has 0 saturated carbocycles. The molecule has 0 aliphatic carbocycles. The molecule has 0 amide bonds. The number of hydrogen-bond acceptors (Lipinski definition) is 8. The molecule has 1 saturated heterocycles. The number of hydrogen-bond donors (Lipinski definition) is 1. The van der Waals surface area contributed by atoms with Crippen molar-refractivity contribution < 1.29 is 14.0 Å². The first-order valence-electron chi connectivity index (χ1n) is 6.98. The molecule has 8 heteroatoms. The van der Waals surface area contributed by atoms with Gasteiger partial charge >= 0.3 is 0 Å². The average Bonchev–Trinajstić information content (AvgIpc) is 3.17. The summed E-state index contributed by atoms with van der Waals surface area (Å²) in [5.41, 5.74) is 5.72. The maximum atomic E-state index is 5.93. The topological polar surface area (TPSA) is 96.3 Å². The first kappa shape index (κ1) is 14.6. The normalized spacial score (nSPS) is 18.0. The van der Waals surface area contributed by atoms with Gasteiger partial charge in [-0.2, -0.15) is 4.98 Å². The highest BCUT2D eigenvalue weighted by Crippen LogP contribution is 2.35. The van der Waals surface area contributed by atoms with Crippen molar-refractivity contribution in [2.75, 3.05) is 19.8 Å². The van der Waals surface area contributed by atoms with E-state index in [9.17, 15) is 0 Å². The van der Waals surface area contributed by atoms with Gasteiger partial charge in [0.25, 0.3) is 5.89 Å². The third kappa shape index (κ3) is 2.84. The molecule has 1 fully saturated rings. The van der Waals surface area contributed by atoms with Crippen molar-refractivity contribution in [2.45, 2.75) is 31.9 Å². The van der Waals surface area contributed by atoms with Gasteiger partial charge in [-0.15, -0.1) is 11.3 Å². The Morgan fingerprint density at radius 1 is 1.38 bits per heavy atom. The highest BCUT2D eigenvalue weighted by Gasteiger charge is 2.40. The maximum absolute atomic E-state index is 5.93. The van der Waals surface area contributed by atoms with Crippen LogP contribution in [0.4, 0.5) is 0 Å². The zero-order chi connectivity index (χ0) is 14.7. The zero-order valence-corrected chi connectivity index (χ0v) is 12.7. The Balaban J connectivity index is 1.88. The van der Waals surface area contributed by atoms with Crippen LogP contribution in [0.15, 0.2) is 9.90 Å². The van der Waals surface area contributed by atoms with Crippen molar-refractivity contribution in [1.82, 2.24) is 15.1 Å². The van der Waals surface area contributed by atoms with E-state index in [2.05, 4.69) is 15.1 Å². The standard InChI is InChI=1S/C13H18N4O3S/c1-2-19-13(3-5-18-6-4-13)12-16-11(20-17-12)9-8-21-10(7-14)15-9/h8H,2-7,14H2,1H3. The largest absolute Gasteiger partial charge is 0.381 e. The lowest BCUT2D eigenvalue weighted by molar-refractivity contribution is -0.118. The minimum absolute atomic E-state index is 0.409. The summed E-state index contributed by atoms with van der Waals surface area (Å²) in [5.74, 6) is 0.983. The van der Waals surface area contributed by atoms with Crippen LogP contribution in [0.5, 0.6) is 0 Å². The summed E-state index contributed by atoms with van der Waals surface area (Å²) >= 11 is 1.48. The van der Waals surface area contributed by atoms with E-state index in [0.717, 1.165) is 17.8 Å². The quantitative estimate of drug-likeness (QED) is 0.897. The van der Waals surface area contributed by atoms with Gasteiger partial charge in [-0.3, -0.25) is 0 Å². The van der Waals surface area contributed by atoms with Crippen LogP contribution in [0.1, 0.15) is 30.6 Å². The number of ether oxygens (including phenoxy) is 2. The Morgan fingerprint density at radius 2 is 2.19 bits per heavy atom. The van der Waals surface area contributed by atoms with Gasteiger partial charge in [-0.05, 0) is 6.92 Å². The van der Waals surface area contributed by atoms with E-state index in [-0.39, 0.29) is 0 Å². The van der Waals surface area contributed by atoms with E-state index in [1.807, 2.05) is 12.3 Å². The first-order valence-corrected chi connectivity index (χ1v) is 7.86. The molecular weight excluding hydrogens is 292 g/mol. The molecule has 0 radical (unpaired) electrons. The molecule has 2 aromatic rings. The second-order valence-electron chi connectivity index (χ2n) is 4.79. The molecule has 1 aliphatic heterocycles. The van der Waals surface area contributed by atoms with Crippen LogP contribution < -0.4 is 5.73 Å². The van der Waals surface area contributed by atoms with Gasteiger partial charge < -0.3 is 19.7 Å². The van der Waals surface area contributed by atoms with Gasteiger partial charge in [0.2, 0.25) is 5.82 Å². The SMILES string of the molecule is CCOC1(c2noc(-c3csc(CN)n3)n2)CCOCC1. The van der Waals surface area contributed by atoms with E-state index in [0.29, 0.717) is 43.8 Å². The molecule has 114 valence electrons. The summed E-state index contributed by atoms with van der Waals surface area (Å²) in [5, 5.41) is 6.82. The van der Waals surface area contributed by atoms with Gasteiger partial charge in [-0.1, -0.05) is 5.16 Å². The smallest absolute Gasteiger partial charge is 0.277 e. The molecule has 21 heavy (non-hydrogen) atoms. The molecule has 0 atom stereocenters. The van der Waals surface area contributed by atoms with Gasteiger partial charge in [0.1, 0.15) is 16.3 Å². The van der Waals surface area contributed by atoms with Crippen LogP contribution in [0.25, 0.3) is 11.6 Å². The Kier molecular flexibility index (Phi) is 4.29. The summed E-state index contributed by atoms with van der Waals surface area (Å²) in [6, 6.07) is 0. The number of nitrogens with zero attached hydrogens (tertiary/aromatic N) is 3. The van der Waals surface area contributed by atoms with Gasteiger partial charge in [-0.25, -0.2) is 4.98 Å². The van der Waals surface area contributed by atoms with E-state index in [4.69, 9.17) is 19.7 Å². The van der Waals surface area contributed by atoms with Crippen LogP contribution in [-0.4, -0.2) is 34.9 Å². The van der Waals surface area contributed by atoms with Gasteiger partial charge in [0.15, 0.2) is 0 Å². The van der Waals surface area contributed by atoms with Gasteiger partial charge in [0, 0.05) is 44.6 Å². The molecule has 0 bridgehead atoms. The fraction of sp³-hybridized carbons (Fsp3) is 0.615. The fourth-order valence-corrected chi connectivity index (χ4v) is 3.07. The van der Waals surface area contributed by atoms with Crippen LogP contribution in [0.3, 0.4) is 0 Å². The predicted octanol–water partition coefficient (Wildman–Crippen LogP) is 1.69. The van der Waals surface area contributed by atoms with Crippen molar-refractivity contribution >= 4 is 11.3 Å². The second-order valence-corrected chi connectivity index (χ2v) is 5.74. The second kappa shape index (κ2) is 6.18. The number of aromatic nitrogens is 3. The van der Waals surface area contributed by atoms with Crippen molar-refractivity contribution in [3.05, 3.63) is 16.2 Å². The molecular formula is C13H18N4O3S. The molecule has 3 heterocycles. The molecule has 0 unspecified atom stereocenters. The number of rotatable bonds is 5. The first-order chi connectivity index (χ1) is 10.3. The van der Waals surface area contributed by atoms with Crippen molar-refractivity contribution in [1.29, 1.82) is 0 Å². The lowest BCUT2D eigenvalue weighted by atomic mass is 9.93. The molecule has 2 N–H and O–H groups in total. The fourth-order valence-electron chi connectivity index (χ4n) is 2.43. The van der Waals surface area contributed by atoms with Crippen LogP contribution in [0.2, 0.25) is 0 Å². The highest BCUT2D eigenvalue weighted by atomic mass is 32.1. The zero-order valence-electron chi connectivity index (χ0n) is 11.9. The lowest BCUT2D eigenvalue weighted by Gasteiger charge is -2.33. The summed E-state index contributed by atoms with van der Waals surface area (Å²) in [6.07, 6.45) is 1.45. The number of nitrogens with two attached hydrogens (primary N) is 1. The third-order valence-electron chi connectivity index (χ3n) is 3.50. The Labute approximate surface area is 126 Å². The van der Waals surface area contributed by atoms with Crippen LogP contribution in [0, 0.1) is 0 Å². The summed E-state index contributed by atoms with van der Waals surface area (Å²) < 4.78 is 16.7. The predicted molar refractivity (Wildman–Crippen MR) is 76.7 cm³/mol. The summed E-state index contributed by atoms with van der Waals surface area (Å²) in [7, 11) is 0. The summed E-state index contributed by atoms with van der Waals surface area (Å²) in [4.78, 5) is 8.85.